The lowest BCUT2D eigenvalue weighted by atomic mass is 10.2. The van der Waals surface area contributed by atoms with Crippen LogP contribution in [0.25, 0.3) is 0 Å². The number of para-hydroxylation sites is 1. The number of ether oxygens (including phenoxy) is 3. The van der Waals surface area contributed by atoms with Gasteiger partial charge in [-0.15, -0.1) is 0 Å². The van der Waals surface area contributed by atoms with Crippen molar-refractivity contribution >= 4 is 23.5 Å². The van der Waals surface area contributed by atoms with E-state index in [-0.39, 0.29) is 6.01 Å². The maximum atomic E-state index is 5.96. The Labute approximate surface area is 161 Å². The van der Waals surface area contributed by atoms with Crippen molar-refractivity contribution in [3.05, 3.63) is 65.2 Å². The molecular weight excluding hydrogens is 368 g/mol. The van der Waals surface area contributed by atoms with Gasteiger partial charge in [-0.25, -0.2) is 0 Å². The minimum Gasteiger partial charge on any atom is -0.481 e. The number of rotatable bonds is 7. The van der Waals surface area contributed by atoms with Crippen LogP contribution in [0.4, 0.5) is 5.69 Å². The van der Waals surface area contributed by atoms with E-state index >= 15 is 0 Å². The Morgan fingerprint density at radius 3 is 2.41 bits per heavy atom. The third-order valence-electron chi connectivity index (χ3n) is 3.42. The summed E-state index contributed by atoms with van der Waals surface area (Å²) in [6, 6.07) is 16.3. The Morgan fingerprint density at radius 2 is 1.70 bits per heavy atom. The highest BCUT2D eigenvalue weighted by atomic mass is 35.5. The SMILES string of the molecule is COc1cc(OC)nc(Oc2ccccc2/C=N\Nc2cccc(Cl)c2)n1. The molecule has 0 fully saturated rings. The zero-order chi connectivity index (χ0) is 19.1. The number of nitrogens with zero attached hydrogens (tertiary/aromatic N) is 3. The number of hydrogen-bond donors (Lipinski definition) is 1. The summed E-state index contributed by atoms with van der Waals surface area (Å²) in [6.07, 6.45) is 1.63. The van der Waals surface area contributed by atoms with Crippen LogP contribution in [0.1, 0.15) is 5.56 Å². The summed E-state index contributed by atoms with van der Waals surface area (Å²) in [7, 11) is 3.02. The molecule has 0 spiro atoms. The molecule has 1 aromatic heterocycles. The molecule has 0 radical (unpaired) electrons. The molecule has 2 aromatic carbocycles. The minimum atomic E-state index is 0.106. The lowest BCUT2D eigenvalue weighted by molar-refractivity contribution is 0.348. The standard InChI is InChI=1S/C19H17ClN4O3/c1-25-17-11-18(26-2)23-19(22-17)27-16-9-4-3-6-13(16)12-21-24-15-8-5-7-14(20)10-15/h3-12,24H,1-2H3/b21-12-. The van der Waals surface area contributed by atoms with Gasteiger partial charge in [0.1, 0.15) is 5.75 Å². The number of hydrogen-bond acceptors (Lipinski definition) is 7. The van der Waals surface area contributed by atoms with Gasteiger partial charge in [-0.1, -0.05) is 29.8 Å². The highest BCUT2D eigenvalue weighted by Gasteiger charge is 2.09. The maximum Gasteiger partial charge on any atom is 0.328 e. The molecule has 0 amide bonds. The van der Waals surface area contributed by atoms with Crippen LogP contribution >= 0.6 is 11.6 Å². The van der Waals surface area contributed by atoms with Crippen LogP contribution in [-0.4, -0.2) is 30.4 Å². The molecule has 1 N–H and O–H groups in total. The van der Waals surface area contributed by atoms with Gasteiger partial charge in [-0.05, 0) is 30.3 Å². The van der Waals surface area contributed by atoms with E-state index < -0.39 is 0 Å². The van der Waals surface area contributed by atoms with Gasteiger partial charge in [0.05, 0.1) is 32.2 Å². The molecule has 0 aliphatic heterocycles. The number of nitrogens with one attached hydrogen (secondary N) is 1. The molecule has 1 heterocycles. The van der Waals surface area contributed by atoms with Crippen molar-refractivity contribution in [2.24, 2.45) is 5.10 Å². The van der Waals surface area contributed by atoms with E-state index in [0.717, 1.165) is 11.3 Å². The molecule has 0 aliphatic carbocycles. The van der Waals surface area contributed by atoms with Crippen molar-refractivity contribution in [1.82, 2.24) is 9.97 Å². The average molecular weight is 385 g/mol. The third kappa shape index (κ3) is 5.08. The molecule has 0 aliphatic rings. The van der Waals surface area contributed by atoms with Crippen LogP contribution < -0.4 is 19.6 Å². The second-order valence-corrected chi connectivity index (χ2v) is 5.69. The zero-order valence-corrected chi connectivity index (χ0v) is 15.5. The first-order chi connectivity index (χ1) is 13.2. The first-order valence-electron chi connectivity index (χ1n) is 7.96. The summed E-state index contributed by atoms with van der Waals surface area (Å²) in [6.45, 7) is 0. The monoisotopic (exact) mass is 384 g/mol. The number of anilines is 1. The Kier molecular flexibility index (Phi) is 6.06. The second kappa shape index (κ2) is 8.86. The zero-order valence-electron chi connectivity index (χ0n) is 14.7. The van der Waals surface area contributed by atoms with Crippen molar-refractivity contribution in [3.8, 4) is 23.5 Å². The molecule has 3 aromatic rings. The van der Waals surface area contributed by atoms with E-state index in [4.69, 9.17) is 25.8 Å². The Hall–Kier alpha value is -3.32. The quantitative estimate of drug-likeness (QED) is 0.481. The first kappa shape index (κ1) is 18.5. The number of aromatic nitrogens is 2. The lowest BCUT2D eigenvalue weighted by Crippen LogP contribution is -1.99. The molecule has 0 atom stereocenters. The van der Waals surface area contributed by atoms with E-state index in [1.54, 1.807) is 30.5 Å². The topological polar surface area (TPSA) is 77.9 Å². The molecule has 3 rings (SSSR count). The Balaban J connectivity index is 1.79. The Bertz CT molecular complexity index is 927. The summed E-state index contributed by atoms with van der Waals surface area (Å²) >= 11 is 5.96. The predicted octanol–water partition coefficient (Wildman–Crippen LogP) is 4.39. The van der Waals surface area contributed by atoms with Crippen LogP contribution in [0.3, 0.4) is 0 Å². The maximum absolute atomic E-state index is 5.96. The third-order valence-corrected chi connectivity index (χ3v) is 3.65. The summed E-state index contributed by atoms with van der Waals surface area (Å²) < 4.78 is 16.1. The summed E-state index contributed by atoms with van der Waals surface area (Å²) in [5, 5.41) is 4.85. The fourth-order valence-corrected chi connectivity index (χ4v) is 2.34. The van der Waals surface area contributed by atoms with E-state index in [2.05, 4.69) is 20.5 Å². The van der Waals surface area contributed by atoms with Gasteiger partial charge in [-0.3, -0.25) is 5.43 Å². The second-order valence-electron chi connectivity index (χ2n) is 5.26. The van der Waals surface area contributed by atoms with E-state index in [9.17, 15) is 0 Å². The normalized spacial score (nSPS) is 10.6. The number of benzene rings is 2. The van der Waals surface area contributed by atoms with Gasteiger partial charge in [-0.2, -0.15) is 15.1 Å². The molecular formula is C19H17ClN4O3. The fourth-order valence-electron chi connectivity index (χ4n) is 2.15. The largest absolute Gasteiger partial charge is 0.481 e. The van der Waals surface area contributed by atoms with E-state index in [0.29, 0.717) is 22.5 Å². The van der Waals surface area contributed by atoms with E-state index in [1.165, 1.54) is 14.2 Å². The molecule has 0 bridgehead atoms. The summed E-state index contributed by atoms with van der Waals surface area (Å²) in [4.78, 5) is 8.33. The van der Waals surface area contributed by atoms with Crippen LogP contribution in [0, 0.1) is 0 Å². The van der Waals surface area contributed by atoms with Crippen molar-refractivity contribution in [2.75, 3.05) is 19.6 Å². The summed E-state index contributed by atoms with van der Waals surface area (Å²) in [5.74, 6) is 1.21. The molecule has 7 nitrogen and oxygen atoms in total. The highest BCUT2D eigenvalue weighted by Crippen LogP contribution is 2.25. The van der Waals surface area contributed by atoms with Crippen LogP contribution in [-0.2, 0) is 0 Å². The molecule has 0 saturated carbocycles. The van der Waals surface area contributed by atoms with Crippen LogP contribution in [0.5, 0.6) is 23.5 Å². The van der Waals surface area contributed by atoms with E-state index in [1.807, 2.05) is 30.3 Å². The first-order valence-corrected chi connectivity index (χ1v) is 8.34. The van der Waals surface area contributed by atoms with Crippen molar-refractivity contribution < 1.29 is 14.2 Å². The highest BCUT2D eigenvalue weighted by molar-refractivity contribution is 6.30. The number of methoxy groups -OCH3 is 2. The Morgan fingerprint density at radius 1 is 0.963 bits per heavy atom. The molecule has 138 valence electrons. The molecule has 0 unspecified atom stereocenters. The van der Waals surface area contributed by atoms with Crippen molar-refractivity contribution in [2.45, 2.75) is 0 Å². The summed E-state index contributed by atoms with van der Waals surface area (Å²) in [5.41, 5.74) is 4.43. The fraction of sp³-hybridized carbons (Fsp3) is 0.105. The lowest BCUT2D eigenvalue weighted by Gasteiger charge is -2.09. The molecule has 8 heteroatoms. The van der Waals surface area contributed by atoms with Crippen molar-refractivity contribution in [1.29, 1.82) is 0 Å². The molecule has 0 saturated heterocycles. The van der Waals surface area contributed by atoms with Gasteiger partial charge in [0.15, 0.2) is 0 Å². The average Bonchev–Trinajstić information content (AvgIpc) is 2.69. The minimum absolute atomic E-state index is 0.106. The molecule has 27 heavy (non-hydrogen) atoms. The van der Waals surface area contributed by atoms with Crippen LogP contribution in [0.15, 0.2) is 59.7 Å². The van der Waals surface area contributed by atoms with Crippen LogP contribution in [0.2, 0.25) is 5.02 Å². The number of halogens is 1. The number of hydrazone groups is 1. The predicted molar refractivity (Wildman–Crippen MR) is 104 cm³/mol. The van der Waals surface area contributed by atoms with Gasteiger partial charge < -0.3 is 14.2 Å². The van der Waals surface area contributed by atoms with Crippen molar-refractivity contribution in [3.63, 3.8) is 0 Å². The van der Waals surface area contributed by atoms with Gasteiger partial charge in [0, 0.05) is 10.6 Å². The van der Waals surface area contributed by atoms with Gasteiger partial charge in [0.25, 0.3) is 0 Å². The van der Waals surface area contributed by atoms with Gasteiger partial charge in [0.2, 0.25) is 11.8 Å². The van der Waals surface area contributed by atoms with Gasteiger partial charge >= 0.3 is 6.01 Å². The smallest absolute Gasteiger partial charge is 0.328 e.